The van der Waals surface area contributed by atoms with Crippen molar-refractivity contribution in [2.24, 2.45) is 0 Å². The summed E-state index contributed by atoms with van der Waals surface area (Å²) in [4.78, 5) is 2.45. The Morgan fingerprint density at radius 2 is 1.39 bits per heavy atom. The molecule has 0 aliphatic rings. The first-order valence-electron chi connectivity index (χ1n) is 10.7. The fraction of sp³-hybridized carbons (Fsp3) is 0.259. The van der Waals surface area contributed by atoms with Crippen LogP contribution in [-0.4, -0.2) is 38.8 Å². The molecule has 0 fully saturated rings. The second-order valence-corrected chi connectivity index (χ2v) is 7.42. The van der Waals surface area contributed by atoms with Crippen molar-refractivity contribution in [3.63, 3.8) is 0 Å². The summed E-state index contributed by atoms with van der Waals surface area (Å²) in [5.41, 5.74) is 3.76. The lowest BCUT2D eigenvalue weighted by atomic mass is 10.2. The van der Waals surface area contributed by atoms with Gasteiger partial charge in [-0.05, 0) is 41.0 Å². The molecule has 0 unspecified atom stereocenters. The highest BCUT2D eigenvalue weighted by molar-refractivity contribution is 5.48. The van der Waals surface area contributed by atoms with Gasteiger partial charge in [-0.15, -0.1) is 0 Å². The fourth-order valence-corrected chi connectivity index (χ4v) is 3.34. The molecule has 1 N–H and O–H groups in total. The zero-order valence-corrected chi connectivity index (χ0v) is 18.5. The summed E-state index contributed by atoms with van der Waals surface area (Å²) in [7, 11) is 3.39. The van der Waals surface area contributed by atoms with E-state index in [-0.39, 0.29) is 0 Å². The molecule has 0 aliphatic carbocycles. The van der Waals surface area contributed by atoms with Crippen molar-refractivity contribution in [2.75, 3.05) is 33.9 Å². The minimum Gasteiger partial charge on any atom is -0.497 e. The lowest BCUT2D eigenvalue weighted by Gasteiger charge is -2.21. The van der Waals surface area contributed by atoms with Gasteiger partial charge >= 0.3 is 0 Å². The van der Waals surface area contributed by atoms with Crippen LogP contribution in [0.5, 0.6) is 11.5 Å². The van der Waals surface area contributed by atoms with Gasteiger partial charge in [0.25, 0.3) is 0 Å². The maximum Gasteiger partial charge on any atom is 0.118 e. The maximum absolute atomic E-state index is 5.28. The molecule has 0 atom stereocenters. The van der Waals surface area contributed by atoms with Gasteiger partial charge in [0, 0.05) is 32.7 Å². The van der Waals surface area contributed by atoms with Gasteiger partial charge in [0.2, 0.25) is 0 Å². The Hall–Kier alpha value is -3.08. The van der Waals surface area contributed by atoms with Gasteiger partial charge in [0.05, 0.1) is 14.2 Å². The third-order valence-electron chi connectivity index (χ3n) is 5.13. The van der Waals surface area contributed by atoms with E-state index < -0.39 is 0 Å². The number of nitrogens with zero attached hydrogens (tertiary/aromatic N) is 1. The molecule has 31 heavy (non-hydrogen) atoms. The second-order valence-electron chi connectivity index (χ2n) is 7.42. The van der Waals surface area contributed by atoms with Crippen LogP contribution >= 0.6 is 0 Å². The molecule has 0 radical (unpaired) electrons. The van der Waals surface area contributed by atoms with E-state index in [9.17, 15) is 0 Å². The highest BCUT2D eigenvalue weighted by Gasteiger charge is 2.05. The van der Waals surface area contributed by atoms with Crippen LogP contribution < -0.4 is 14.8 Å². The van der Waals surface area contributed by atoms with Crippen molar-refractivity contribution in [3.8, 4) is 11.5 Å². The van der Waals surface area contributed by atoms with E-state index >= 15 is 0 Å². The first-order chi connectivity index (χ1) is 15.3. The molecular formula is C27H32N2O2. The Morgan fingerprint density at radius 3 is 2.00 bits per heavy atom. The quantitative estimate of drug-likeness (QED) is 0.421. The van der Waals surface area contributed by atoms with Crippen LogP contribution in [0.2, 0.25) is 0 Å². The van der Waals surface area contributed by atoms with Gasteiger partial charge in [0.1, 0.15) is 11.5 Å². The third kappa shape index (κ3) is 7.93. The highest BCUT2D eigenvalue weighted by atomic mass is 16.5. The van der Waals surface area contributed by atoms with Gasteiger partial charge in [-0.3, -0.25) is 4.90 Å². The molecule has 4 heteroatoms. The Bertz CT molecular complexity index is 906. The van der Waals surface area contributed by atoms with Crippen LogP contribution in [0.15, 0.2) is 84.9 Å². The predicted octanol–water partition coefficient (Wildman–Crippen LogP) is 5.01. The molecule has 0 bridgehead atoms. The minimum absolute atomic E-state index is 0.847. The lowest BCUT2D eigenvalue weighted by molar-refractivity contribution is 0.293. The number of rotatable bonds is 12. The molecule has 0 saturated carbocycles. The van der Waals surface area contributed by atoms with Crippen LogP contribution in [-0.2, 0) is 13.1 Å². The molecule has 0 amide bonds. The normalized spacial score (nSPS) is 11.2. The maximum atomic E-state index is 5.28. The van der Waals surface area contributed by atoms with E-state index in [0.717, 1.165) is 44.2 Å². The molecule has 0 spiro atoms. The average Bonchev–Trinajstić information content (AvgIpc) is 2.83. The third-order valence-corrected chi connectivity index (χ3v) is 5.13. The molecule has 4 nitrogen and oxygen atoms in total. The van der Waals surface area contributed by atoms with Gasteiger partial charge in [-0.2, -0.15) is 0 Å². The SMILES string of the molecule is COc1ccc(CNCCN(C/C=C/c2ccccc2)Cc2ccc(OC)cc2)cc1. The van der Waals surface area contributed by atoms with Gasteiger partial charge < -0.3 is 14.8 Å². The standard InChI is InChI=1S/C27H32N2O2/c1-30-26-14-10-24(11-15-26)21-28-18-20-29(19-6-9-23-7-4-3-5-8-23)22-25-12-16-27(31-2)17-13-25/h3-17,28H,18-22H2,1-2H3/b9-6+. The van der Waals surface area contributed by atoms with Crippen molar-refractivity contribution in [1.82, 2.24) is 10.2 Å². The van der Waals surface area contributed by atoms with Crippen LogP contribution in [0.1, 0.15) is 16.7 Å². The predicted molar refractivity (Wildman–Crippen MR) is 128 cm³/mol. The average molecular weight is 417 g/mol. The van der Waals surface area contributed by atoms with E-state index in [1.165, 1.54) is 16.7 Å². The van der Waals surface area contributed by atoms with E-state index in [0.29, 0.717) is 0 Å². The number of ether oxygens (including phenoxy) is 2. The molecule has 0 heterocycles. The molecule has 0 aliphatic heterocycles. The molecule has 0 aromatic heterocycles. The first kappa shape index (κ1) is 22.6. The highest BCUT2D eigenvalue weighted by Crippen LogP contribution is 2.14. The van der Waals surface area contributed by atoms with Crippen molar-refractivity contribution in [3.05, 3.63) is 102 Å². The van der Waals surface area contributed by atoms with Crippen molar-refractivity contribution < 1.29 is 9.47 Å². The van der Waals surface area contributed by atoms with Crippen molar-refractivity contribution in [2.45, 2.75) is 13.1 Å². The zero-order valence-electron chi connectivity index (χ0n) is 18.5. The van der Waals surface area contributed by atoms with Crippen LogP contribution in [0.3, 0.4) is 0 Å². The molecule has 162 valence electrons. The molecule has 3 rings (SSSR count). The summed E-state index contributed by atoms with van der Waals surface area (Å²) < 4.78 is 10.5. The molecule has 3 aromatic carbocycles. The topological polar surface area (TPSA) is 33.7 Å². The summed E-state index contributed by atoms with van der Waals surface area (Å²) >= 11 is 0. The van der Waals surface area contributed by atoms with E-state index in [1.807, 2.05) is 30.3 Å². The van der Waals surface area contributed by atoms with E-state index in [4.69, 9.17) is 9.47 Å². The zero-order chi connectivity index (χ0) is 21.7. The Morgan fingerprint density at radius 1 is 0.774 bits per heavy atom. The molecule has 0 saturated heterocycles. The van der Waals surface area contributed by atoms with Crippen LogP contribution in [0.25, 0.3) is 6.08 Å². The summed E-state index contributed by atoms with van der Waals surface area (Å²) in [5.74, 6) is 1.78. The first-order valence-corrected chi connectivity index (χ1v) is 10.7. The summed E-state index contributed by atoms with van der Waals surface area (Å²) in [6.07, 6.45) is 4.42. The van der Waals surface area contributed by atoms with E-state index in [1.54, 1.807) is 14.2 Å². The summed E-state index contributed by atoms with van der Waals surface area (Å²) in [6.45, 7) is 4.52. The second kappa shape index (κ2) is 12.6. The van der Waals surface area contributed by atoms with Gasteiger partial charge in [-0.25, -0.2) is 0 Å². The Kier molecular flexibility index (Phi) is 9.17. The fourth-order valence-electron chi connectivity index (χ4n) is 3.34. The minimum atomic E-state index is 0.847. The molecule has 3 aromatic rings. The largest absolute Gasteiger partial charge is 0.497 e. The van der Waals surface area contributed by atoms with Gasteiger partial charge in [-0.1, -0.05) is 66.7 Å². The monoisotopic (exact) mass is 416 g/mol. The van der Waals surface area contributed by atoms with Crippen LogP contribution in [0, 0.1) is 0 Å². The van der Waals surface area contributed by atoms with Gasteiger partial charge in [0.15, 0.2) is 0 Å². The van der Waals surface area contributed by atoms with Crippen LogP contribution in [0.4, 0.5) is 0 Å². The Balaban J connectivity index is 1.53. The number of methoxy groups -OCH3 is 2. The van der Waals surface area contributed by atoms with Crippen molar-refractivity contribution >= 4 is 6.08 Å². The van der Waals surface area contributed by atoms with Crippen molar-refractivity contribution in [1.29, 1.82) is 0 Å². The lowest BCUT2D eigenvalue weighted by Crippen LogP contribution is -2.31. The summed E-state index contributed by atoms with van der Waals surface area (Å²) in [5, 5.41) is 3.56. The number of benzene rings is 3. The Labute approximate surface area is 186 Å². The smallest absolute Gasteiger partial charge is 0.118 e. The summed E-state index contributed by atoms with van der Waals surface area (Å²) in [6, 6.07) is 27.0. The number of hydrogen-bond donors (Lipinski definition) is 1. The number of hydrogen-bond acceptors (Lipinski definition) is 4. The number of nitrogens with one attached hydrogen (secondary N) is 1. The molecular weight excluding hydrogens is 384 g/mol. The van der Waals surface area contributed by atoms with E-state index in [2.05, 4.69) is 70.9 Å².